The highest BCUT2D eigenvalue weighted by atomic mass is 16.6. The van der Waals surface area contributed by atoms with Crippen LogP contribution < -0.4 is 9.47 Å². The number of hydrogen-bond acceptors (Lipinski definition) is 6. The lowest BCUT2D eigenvalue weighted by Gasteiger charge is -2.25. The van der Waals surface area contributed by atoms with Crippen LogP contribution in [0.4, 0.5) is 5.69 Å². The van der Waals surface area contributed by atoms with Crippen LogP contribution in [-0.4, -0.2) is 79.2 Å². The second kappa shape index (κ2) is 15.5. The zero-order valence-corrected chi connectivity index (χ0v) is 19.7. The molecule has 7 nitrogen and oxygen atoms in total. The SMILES string of the molecule is C[n+]1ccccc1/C=C/c1ccc(N2CCOCCOCCOCCOCCOCC2)cc1. The van der Waals surface area contributed by atoms with Crippen LogP contribution in [0.2, 0.25) is 0 Å². The molecule has 1 aliphatic heterocycles. The number of pyridine rings is 1. The van der Waals surface area contributed by atoms with Gasteiger partial charge in [0.05, 0.1) is 66.1 Å². The van der Waals surface area contributed by atoms with Crippen molar-refractivity contribution >= 4 is 17.8 Å². The van der Waals surface area contributed by atoms with Gasteiger partial charge in [0, 0.05) is 37.0 Å². The molecule has 3 rings (SSSR count). The van der Waals surface area contributed by atoms with Crippen molar-refractivity contribution in [2.24, 2.45) is 7.05 Å². The second-order valence-electron chi connectivity index (χ2n) is 7.71. The fourth-order valence-corrected chi connectivity index (χ4v) is 3.39. The van der Waals surface area contributed by atoms with Gasteiger partial charge in [0.2, 0.25) is 5.69 Å². The molecule has 0 N–H and O–H groups in total. The first-order chi connectivity index (χ1) is 16.3. The van der Waals surface area contributed by atoms with E-state index in [1.807, 2.05) is 25.4 Å². The van der Waals surface area contributed by atoms with Crippen LogP contribution in [0.1, 0.15) is 11.3 Å². The normalized spacial score (nSPS) is 18.6. The topological polar surface area (TPSA) is 53.3 Å². The molecular formula is C26H37N2O5+. The van der Waals surface area contributed by atoms with Crippen molar-refractivity contribution in [1.29, 1.82) is 0 Å². The fraction of sp³-hybridized carbons (Fsp3) is 0.500. The maximum atomic E-state index is 5.77. The zero-order chi connectivity index (χ0) is 23.0. The third kappa shape index (κ3) is 10.0. The monoisotopic (exact) mass is 457 g/mol. The van der Waals surface area contributed by atoms with Gasteiger partial charge in [-0.2, -0.15) is 0 Å². The van der Waals surface area contributed by atoms with Gasteiger partial charge in [0.25, 0.3) is 0 Å². The molecule has 2 heterocycles. The van der Waals surface area contributed by atoms with Gasteiger partial charge in [-0.15, -0.1) is 0 Å². The largest absolute Gasteiger partial charge is 0.377 e. The summed E-state index contributed by atoms with van der Waals surface area (Å²) >= 11 is 0. The number of aromatic nitrogens is 1. The van der Waals surface area contributed by atoms with Gasteiger partial charge < -0.3 is 28.6 Å². The summed E-state index contributed by atoms with van der Waals surface area (Å²) in [7, 11) is 2.05. The Kier molecular flexibility index (Phi) is 11.9. The van der Waals surface area contributed by atoms with E-state index >= 15 is 0 Å². The summed E-state index contributed by atoms with van der Waals surface area (Å²) in [4.78, 5) is 2.30. The summed E-state index contributed by atoms with van der Waals surface area (Å²) in [5.41, 5.74) is 3.47. The highest BCUT2D eigenvalue weighted by molar-refractivity contribution is 5.68. The summed E-state index contributed by atoms with van der Waals surface area (Å²) in [5, 5.41) is 0. The molecule has 7 heteroatoms. The third-order valence-electron chi connectivity index (χ3n) is 5.30. The molecule has 0 atom stereocenters. The van der Waals surface area contributed by atoms with Gasteiger partial charge in [-0.25, -0.2) is 4.57 Å². The molecule has 0 radical (unpaired) electrons. The first-order valence-electron chi connectivity index (χ1n) is 11.7. The lowest BCUT2D eigenvalue weighted by molar-refractivity contribution is -0.673. The Bertz CT molecular complexity index is 795. The predicted molar refractivity (Wildman–Crippen MR) is 129 cm³/mol. The Morgan fingerprint density at radius 3 is 1.67 bits per heavy atom. The predicted octanol–water partition coefficient (Wildman–Crippen LogP) is 2.58. The number of nitrogens with zero attached hydrogens (tertiary/aromatic N) is 2. The molecule has 0 saturated carbocycles. The van der Waals surface area contributed by atoms with Crippen molar-refractivity contribution in [1.82, 2.24) is 0 Å². The van der Waals surface area contributed by atoms with Crippen molar-refractivity contribution in [3.8, 4) is 0 Å². The minimum absolute atomic E-state index is 0.571. The highest BCUT2D eigenvalue weighted by Crippen LogP contribution is 2.16. The fourth-order valence-electron chi connectivity index (χ4n) is 3.39. The maximum Gasteiger partial charge on any atom is 0.204 e. The summed E-state index contributed by atoms with van der Waals surface area (Å²) in [6, 6.07) is 14.8. The summed E-state index contributed by atoms with van der Waals surface area (Å²) < 4.78 is 30.2. The molecule has 0 bridgehead atoms. The number of hydrogen-bond donors (Lipinski definition) is 0. The molecule has 0 spiro atoms. The third-order valence-corrected chi connectivity index (χ3v) is 5.30. The molecule has 1 aliphatic rings. The molecule has 0 unspecified atom stereocenters. The summed E-state index contributed by atoms with van der Waals surface area (Å²) in [5.74, 6) is 0. The van der Waals surface area contributed by atoms with Crippen molar-refractivity contribution in [2.75, 3.05) is 84.1 Å². The van der Waals surface area contributed by atoms with Crippen molar-refractivity contribution < 1.29 is 28.3 Å². The van der Waals surface area contributed by atoms with E-state index in [2.05, 4.69) is 52.0 Å². The van der Waals surface area contributed by atoms with Crippen LogP contribution in [0, 0.1) is 0 Å². The maximum absolute atomic E-state index is 5.77. The molecule has 0 amide bonds. The van der Waals surface area contributed by atoms with Gasteiger partial charge in [0.1, 0.15) is 7.05 Å². The smallest absolute Gasteiger partial charge is 0.204 e. The number of rotatable bonds is 3. The standard InChI is InChI=1S/C26H37N2O5/c1-27-11-3-2-4-25(27)8-5-24-6-9-26(10-7-24)28-12-14-29-16-18-31-20-22-33-23-21-32-19-17-30-15-13-28/h2-11H,12-23H2,1H3/q+1. The molecule has 2 aromatic rings. The second-order valence-corrected chi connectivity index (χ2v) is 7.71. The molecule has 1 aromatic heterocycles. The number of anilines is 1. The molecule has 1 saturated heterocycles. The van der Waals surface area contributed by atoms with Crippen molar-refractivity contribution in [3.05, 3.63) is 59.9 Å². The molecule has 1 aromatic carbocycles. The van der Waals surface area contributed by atoms with Crippen LogP contribution in [0.3, 0.4) is 0 Å². The van der Waals surface area contributed by atoms with E-state index in [-0.39, 0.29) is 0 Å². The minimum Gasteiger partial charge on any atom is -0.377 e. The zero-order valence-electron chi connectivity index (χ0n) is 19.7. The first kappa shape index (κ1) is 25.3. The Labute approximate surface area is 197 Å². The van der Waals surface area contributed by atoms with Crippen LogP contribution in [-0.2, 0) is 30.7 Å². The Morgan fingerprint density at radius 2 is 1.15 bits per heavy atom. The average molecular weight is 458 g/mol. The summed E-state index contributed by atoms with van der Waals surface area (Å²) in [6.45, 7) is 7.43. The van der Waals surface area contributed by atoms with E-state index in [1.165, 1.54) is 0 Å². The quantitative estimate of drug-likeness (QED) is 0.661. The van der Waals surface area contributed by atoms with E-state index in [1.54, 1.807) is 0 Å². The van der Waals surface area contributed by atoms with Crippen LogP contribution in [0.5, 0.6) is 0 Å². The number of benzene rings is 1. The van der Waals surface area contributed by atoms with E-state index < -0.39 is 0 Å². The lowest BCUT2D eigenvalue weighted by Crippen LogP contribution is -2.31. The van der Waals surface area contributed by atoms with Crippen LogP contribution >= 0.6 is 0 Å². The van der Waals surface area contributed by atoms with Crippen molar-refractivity contribution in [3.63, 3.8) is 0 Å². The van der Waals surface area contributed by atoms with E-state index in [4.69, 9.17) is 23.7 Å². The highest BCUT2D eigenvalue weighted by Gasteiger charge is 2.07. The van der Waals surface area contributed by atoms with Crippen LogP contribution in [0.15, 0.2) is 48.7 Å². The van der Waals surface area contributed by atoms with Crippen molar-refractivity contribution in [2.45, 2.75) is 0 Å². The van der Waals surface area contributed by atoms with Gasteiger partial charge >= 0.3 is 0 Å². The Morgan fingerprint density at radius 1 is 0.636 bits per heavy atom. The van der Waals surface area contributed by atoms with E-state index in [9.17, 15) is 0 Å². The van der Waals surface area contributed by atoms with E-state index in [0.717, 1.165) is 30.0 Å². The Hall–Kier alpha value is -2.29. The number of ether oxygens (including phenoxy) is 5. The molecule has 33 heavy (non-hydrogen) atoms. The molecular weight excluding hydrogens is 420 g/mol. The molecule has 1 fully saturated rings. The minimum atomic E-state index is 0.571. The lowest BCUT2D eigenvalue weighted by atomic mass is 10.1. The van der Waals surface area contributed by atoms with Gasteiger partial charge in [-0.1, -0.05) is 12.1 Å². The van der Waals surface area contributed by atoms with Gasteiger partial charge in [0.15, 0.2) is 6.20 Å². The molecule has 0 aliphatic carbocycles. The average Bonchev–Trinajstić information content (AvgIpc) is 2.84. The number of aryl methyl sites for hydroxylation is 1. The first-order valence-corrected chi connectivity index (χ1v) is 11.7. The summed E-state index contributed by atoms with van der Waals surface area (Å²) in [6.07, 6.45) is 6.31. The van der Waals surface area contributed by atoms with Gasteiger partial charge in [-0.3, -0.25) is 0 Å². The van der Waals surface area contributed by atoms with E-state index in [0.29, 0.717) is 66.1 Å². The molecule has 180 valence electrons. The van der Waals surface area contributed by atoms with Gasteiger partial charge in [-0.05, 0) is 29.8 Å². The van der Waals surface area contributed by atoms with Crippen LogP contribution in [0.25, 0.3) is 12.2 Å². The Balaban J connectivity index is 1.54.